The maximum Gasteiger partial charge on any atom is 0.0237 e. The molecule has 0 unspecified atom stereocenters. The van der Waals surface area contributed by atoms with Crippen molar-refractivity contribution in [2.45, 2.75) is 38.9 Å². The number of likely N-dealkylation sites (tertiary alicyclic amines) is 1. The van der Waals surface area contributed by atoms with Gasteiger partial charge < -0.3 is 5.73 Å². The smallest absolute Gasteiger partial charge is 0.0237 e. The number of piperidine rings is 1. The van der Waals surface area contributed by atoms with Crippen LogP contribution in [0.1, 0.15) is 25.8 Å². The highest BCUT2D eigenvalue weighted by Crippen LogP contribution is 2.23. The van der Waals surface area contributed by atoms with Gasteiger partial charge in [-0.05, 0) is 24.8 Å². The summed E-state index contributed by atoms with van der Waals surface area (Å²) < 4.78 is 0. The molecule has 0 aliphatic carbocycles. The zero-order chi connectivity index (χ0) is 11.5. The molecule has 0 spiro atoms. The van der Waals surface area contributed by atoms with Crippen LogP contribution in [-0.2, 0) is 6.54 Å². The zero-order valence-corrected chi connectivity index (χ0v) is 10.3. The Morgan fingerprint density at radius 1 is 1.25 bits per heavy atom. The highest BCUT2D eigenvalue weighted by molar-refractivity contribution is 5.14. The van der Waals surface area contributed by atoms with Crippen LogP contribution in [-0.4, -0.2) is 23.5 Å². The van der Waals surface area contributed by atoms with Gasteiger partial charge in [-0.2, -0.15) is 0 Å². The van der Waals surface area contributed by atoms with Crippen LogP contribution in [0.25, 0.3) is 0 Å². The maximum absolute atomic E-state index is 6.09. The molecule has 1 aromatic carbocycles. The van der Waals surface area contributed by atoms with E-state index in [0.29, 0.717) is 18.0 Å². The number of hydrogen-bond donors (Lipinski definition) is 1. The Bertz CT molecular complexity index is 323. The number of benzene rings is 1. The second kappa shape index (κ2) is 4.98. The third-order valence-electron chi connectivity index (χ3n) is 3.77. The van der Waals surface area contributed by atoms with E-state index in [1.165, 1.54) is 5.56 Å². The molecular weight excluding hydrogens is 196 g/mol. The van der Waals surface area contributed by atoms with E-state index in [2.05, 4.69) is 49.1 Å². The molecule has 1 saturated heterocycles. The molecule has 88 valence electrons. The van der Waals surface area contributed by atoms with E-state index >= 15 is 0 Å². The van der Waals surface area contributed by atoms with Gasteiger partial charge in [0.1, 0.15) is 0 Å². The van der Waals surface area contributed by atoms with Crippen LogP contribution in [0.5, 0.6) is 0 Å². The fourth-order valence-electron chi connectivity index (χ4n) is 2.60. The van der Waals surface area contributed by atoms with Gasteiger partial charge in [0, 0.05) is 25.2 Å². The molecule has 2 nitrogen and oxygen atoms in total. The van der Waals surface area contributed by atoms with Gasteiger partial charge in [0.25, 0.3) is 0 Å². The van der Waals surface area contributed by atoms with Crippen molar-refractivity contribution < 1.29 is 0 Å². The summed E-state index contributed by atoms with van der Waals surface area (Å²) in [6.07, 6.45) is 1.16. The lowest BCUT2D eigenvalue weighted by molar-refractivity contribution is 0.0925. The van der Waals surface area contributed by atoms with Crippen LogP contribution in [0.4, 0.5) is 0 Å². The van der Waals surface area contributed by atoms with Crippen molar-refractivity contribution in [2.75, 3.05) is 6.54 Å². The number of nitrogens with two attached hydrogens (primary N) is 1. The molecule has 2 heteroatoms. The van der Waals surface area contributed by atoms with E-state index in [1.807, 2.05) is 0 Å². The molecule has 1 aliphatic heterocycles. The molecule has 2 N–H and O–H groups in total. The molecule has 1 heterocycles. The van der Waals surface area contributed by atoms with Gasteiger partial charge in [-0.3, -0.25) is 4.90 Å². The highest BCUT2D eigenvalue weighted by Gasteiger charge is 2.28. The number of rotatable bonds is 2. The first-order valence-corrected chi connectivity index (χ1v) is 6.20. The molecule has 0 aromatic heterocycles. The summed E-state index contributed by atoms with van der Waals surface area (Å²) in [7, 11) is 0. The van der Waals surface area contributed by atoms with Crippen molar-refractivity contribution in [3.05, 3.63) is 35.9 Å². The quantitative estimate of drug-likeness (QED) is 0.825. The van der Waals surface area contributed by atoms with Gasteiger partial charge in [0.15, 0.2) is 0 Å². The Labute approximate surface area is 98.4 Å². The predicted octanol–water partition coefficient (Wildman–Crippen LogP) is 2.24. The Kier molecular flexibility index (Phi) is 3.62. The van der Waals surface area contributed by atoms with Crippen molar-refractivity contribution >= 4 is 0 Å². The molecule has 2 rings (SSSR count). The minimum atomic E-state index is 0.343. The summed E-state index contributed by atoms with van der Waals surface area (Å²) in [6, 6.07) is 11.6. The normalized spacial score (nSPS) is 31.6. The predicted molar refractivity (Wildman–Crippen MR) is 68.1 cm³/mol. The fourth-order valence-corrected chi connectivity index (χ4v) is 2.60. The van der Waals surface area contributed by atoms with Gasteiger partial charge >= 0.3 is 0 Å². The van der Waals surface area contributed by atoms with Crippen LogP contribution in [0.3, 0.4) is 0 Å². The Balaban J connectivity index is 2.03. The second-order valence-electron chi connectivity index (χ2n) is 5.13. The Morgan fingerprint density at radius 2 is 1.94 bits per heavy atom. The van der Waals surface area contributed by atoms with Gasteiger partial charge in [-0.15, -0.1) is 0 Å². The first kappa shape index (κ1) is 11.6. The van der Waals surface area contributed by atoms with Gasteiger partial charge in [0.05, 0.1) is 0 Å². The largest absolute Gasteiger partial charge is 0.327 e. The minimum absolute atomic E-state index is 0.343. The van der Waals surface area contributed by atoms with Crippen LogP contribution in [0.2, 0.25) is 0 Å². The van der Waals surface area contributed by atoms with E-state index in [9.17, 15) is 0 Å². The maximum atomic E-state index is 6.09. The molecule has 0 bridgehead atoms. The van der Waals surface area contributed by atoms with Crippen molar-refractivity contribution in [3.63, 3.8) is 0 Å². The van der Waals surface area contributed by atoms with E-state index in [1.54, 1.807) is 0 Å². The first-order valence-electron chi connectivity index (χ1n) is 6.20. The van der Waals surface area contributed by atoms with Gasteiger partial charge in [0.2, 0.25) is 0 Å². The molecule has 0 radical (unpaired) electrons. The Hall–Kier alpha value is -0.860. The molecule has 1 aromatic rings. The van der Waals surface area contributed by atoms with Crippen LogP contribution >= 0.6 is 0 Å². The van der Waals surface area contributed by atoms with Gasteiger partial charge in [-0.1, -0.05) is 37.3 Å². The van der Waals surface area contributed by atoms with Crippen LogP contribution in [0.15, 0.2) is 30.3 Å². The first-order chi connectivity index (χ1) is 7.66. The average Bonchev–Trinajstić information content (AvgIpc) is 2.27. The lowest BCUT2D eigenvalue weighted by Crippen LogP contribution is -2.50. The van der Waals surface area contributed by atoms with Crippen molar-refractivity contribution in [1.82, 2.24) is 4.90 Å². The third kappa shape index (κ3) is 2.63. The molecule has 1 aliphatic rings. The van der Waals surface area contributed by atoms with Gasteiger partial charge in [-0.25, -0.2) is 0 Å². The van der Waals surface area contributed by atoms with Crippen LogP contribution in [0, 0.1) is 5.92 Å². The van der Waals surface area contributed by atoms with Crippen molar-refractivity contribution in [2.24, 2.45) is 11.7 Å². The highest BCUT2D eigenvalue weighted by atomic mass is 15.2. The lowest BCUT2D eigenvalue weighted by atomic mass is 9.89. The third-order valence-corrected chi connectivity index (χ3v) is 3.77. The molecule has 1 fully saturated rings. The second-order valence-corrected chi connectivity index (χ2v) is 5.13. The lowest BCUT2D eigenvalue weighted by Gasteiger charge is -2.41. The SMILES string of the molecule is C[C@@H]1C[C@@H](N)CN(Cc2ccccc2)[C@H]1C. The zero-order valence-electron chi connectivity index (χ0n) is 10.3. The summed E-state index contributed by atoms with van der Waals surface area (Å²) in [6.45, 7) is 6.68. The molecule has 16 heavy (non-hydrogen) atoms. The van der Waals surface area contributed by atoms with E-state index < -0.39 is 0 Å². The number of nitrogens with zero attached hydrogens (tertiary/aromatic N) is 1. The summed E-state index contributed by atoms with van der Waals surface area (Å²) in [5.74, 6) is 0.701. The minimum Gasteiger partial charge on any atom is -0.327 e. The molecule has 0 amide bonds. The summed E-state index contributed by atoms with van der Waals surface area (Å²) >= 11 is 0. The summed E-state index contributed by atoms with van der Waals surface area (Å²) in [5, 5.41) is 0. The Morgan fingerprint density at radius 3 is 2.62 bits per heavy atom. The molecular formula is C14H22N2. The topological polar surface area (TPSA) is 29.3 Å². The summed E-state index contributed by atoms with van der Waals surface area (Å²) in [5.41, 5.74) is 7.47. The molecule has 0 saturated carbocycles. The van der Waals surface area contributed by atoms with Crippen molar-refractivity contribution in [1.29, 1.82) is 0 Å². The van der Waals surface area contributed by atoms with E-state index in [0.717, 1.165) is 19.5 Å². The molecule has 3 atom stereocenters. The van der Waals surface area contributed by atoms with Crippen molar-refractivity contribution in [3.8, 4) is 0 Å². The fraction of sp³-hybridized carbons (Fsp3) is 0.571. The van der Waals surface area contributed by atoms with E-state index in [4.69, 9.17) is 5.73 Å². The van der Waals surface area contributed by atoms with E-state index in [-0.39, 0.29) is 0 Å². The average molecular weight is 218 g/mol. The number of hydrogen-bond acceptors (Lipinski definition) is 2. The van der Waals surface area contributed by atoms with Crippen LogP contribution < -0.4 is 5.73 Å². The summed E-state index contributed by atoms with van der Waals surface area (Å²) in [4.78, 5) is 2.51. The standard InChI is InChI=1S/C14H22N2/c1-11-8-14(15)10-16(12(11)2)9-13-6-4-3-5-7-13/h3-7,11-12,14H,8-10,15H2,1-2H3/t11-,12+,14-/m1/s1. The monoisotopic (exact) mass is 218 g/mol.